The normalized spacial score (nSPS) is 11.1. The summed E-state index contributed by atoms with van der Waals surface area (Å²) >= 11 is 1.45. The highest BCUT2D eigenvalue weighted by Crippen LogP contribution is 2.27. The summed E-state index contributed by atoms with van der Waals surface area (Å²) in [6.45, 7) is 0. The zero-order chi connectivity index (χ0) is 18.5. The molecule has 0 bridgehead atoms. The molecule has 4 aromatic rings. The lowest BCUT2D eigenvalue weighted by Crippen LogP contribution is -1.89. The second kappa shape index (κ2) is 7.73. The van der Waals surface area contributed by atoms with Crippen LogP contribution in [0.2, 0.25) is 0 Å². The quantitative estimate of drug-likeness (QED) is 0.458. The fourth-order valence-corrected chi connectivity index (χ4v) is 3.39. The summed E-state index contributed by atoms with van der Waals surface area (Å²) in [6, 6.07) is 21.9. The Balaban J connectivity index is 1.61. The van der Waals surface area contributed by atoms with Crippen molar-refractivity contribution in [3.05, 3.63) is 89.0 Å². The second-order valence-corrected chi connectivity index (χ2v) is 6.64. The van der Waals surface area contributed by atoms with E-state index in [4.69, 9.17) is 0 Å². The minimum Gasteiger partial charge on any atom is -0.236 e. The molecular formula is C22H14N4S. The topological polar surface area (TPSA) is 62.5 Å². The molecule has 4 rings (SSSR count). The highest BCUT2D eigenvalue weighted by Gasteiger charge is 2.09. The summed E-state index contributed by atoms with van der Waals surface area (Å²) in [5.41, 5.74) is 4.13. The van der Waals surface area contributed by atoms with Crippen molar-refractivity contribution < 1.29 is 0 Å². The highest BCUT2D eigenvalue weighted by molar-refractivity contribution is 7.11. The van der Waals surface area contributed by atoms with Crippen LogP contribution >= 0.6 is 11.3 Å². The van der Waals surface area contributed by atoms with Crippen LogP contribution in [0.15, 0.2) is 78.4 Å². The van der Waals surface area contributed by atoms with E-state index < -0.39 is 0 Å². The first-order chi connectivity index (χ1) is 13.3. The third-order valence-corrected chi connectivity index (χ3v) is 4.81. The van der Waals surface area contributed by atoms with E-state index in [-0.39, 0.29) is 0 Å². The van der Waals surface area contributed by atoms with Gasteiger partial charge in [0.05, 0.1) is 11.3 Å². The predicted molar refractivity (Wildman–Crippen MR) is 109 cm³/mol. The molecule has 2 aromatic heterocycles. The number of hydrogen-bond acceptors (Lipinski definition) is 5. The van der Waals surface area contributed by atoms with Crippen molar-refractivity contribution in [1.82, 2.24) is 15.0 Å². The van der Waals surface area contributed by atoms with Gasteiger partial charge in [-0.1, -0.05) is 60.7 Å². The first-order valence-corrected chi connectivity index (χ1v) is 9.22. The van der Waals surface area contributed by atoms with E-state index >= 15 is 0 Å². The monoisotopic (exact) mass is 366 g/mol. The lowest BCUT2D eigenvalue weighted by molar-refractivity contribution is 1.17. The molecular weight excluding hydrogens is 352 g/mol. The molecule has 0 fully saturated rings. The second-order valence-electron chi connectivity index (χ2n) is 5.78. The van der Waals surface area contributed by atoms with Crippen LogP contribution in [-0.2, 0) is 0 Å². The van der Waals surface area contributed by atoms with E-state index in [2.05, 4.69) is 21.0 Å². The lowest BCUT2D eigenvalue weighted by Gasteiger charge is -2.00. The number of thiazole rings is 1. The van der Waals surface area contributed by atoms with Crippen LogP contribution in [0, 0.1) is 11.3 Å². The summed E-state index contributed by atoms with van der Waals surface area (Å²) in [4.78, 5) is 13.4. The minimum absolute atomic E-state index is 0.498. The van der Waals surface area contributed by atoms with Crippen molar-refractivity contribution in [2.45, 2.75) is 0 Å². The third-order valence-electron chi connectivity index (χ3n) is 3.94. The molecule has 5 heteroatoms. The molecule has 27 heavy (non-hydrogen) atoms. The SMILES string of the molecule is N#C/C(=C\c1cnc(-c2ccccc2)nc1)c1nc(-c2ccccc2)cs1. The Bertz CT molecular complexity index is 1110. The molecule has 0 spiro atoms. The van der Waals surface area contributed by atoms with E-state index in [1.807, 2.05) is 66.0 Å². The van der Waals surface area contributed by atoms with Gasteiger partial charge >= 0.3 is 0 Å². The standard InChI is InChI=1S/C22H14N4S/c23-12-19(22-26-20(15-27-22)17-7-3-1-4-8-17)11-16-13-24-21(25-14-16)18-9-5-2-6-10-18/h1-11,13-15H/b19-11+. The average Bonchev–Trinajstić information content (AvgIpc) is 3.24. The number of rotatable bonds is 4. The summed E-state index contributed by atoms with van der Waals surface area (Å²) in [5, 5.41) is 12.2. The summed E-state index contributed by atoms with van der Waals surface area (Å²) in [5.74, 6) is 0.659. The molecule has 0 amide bonds. The number of aromatic nitrogens is 3. The Morgan fingerprint density at radius 3 is 2.15 bits per heavy atom. The van der Waals surface area contributed by atoms with Crippen molar-refractivity contribution in [1.29, 1.82) is 5.26 Å². The maximum Gasteiger partial charge on any atom is 0.159 e. The summed E-state index contributed by atoms with van der Waals surface area (Å²) in [6.07, 6.45) is 5.21. The van der Waals surface area contributed by atoms with Gasteiger partial charge in [-0.15, -0.1) is 11.3 Å². The first-order valence-electron chi connectivity index (χ1n) is 8.34. The zero-order valence-electron chi connectivity index (χ0n) is 14.3. The number of nitrogens with zero attached hydrogens (tertiary/aromatic N) is 4. The van der Waals surface area contributed by atoms with Gasteiger partial charge in [-0.3, -0.25) is 0 Å². The predicted octanol–water partition coefficient (Wildman–Crippen LogP) is 5.33. The Hall–Kier alpha value is -3.62. The van der Waals surface area contributed by atoms with Crippen molar-refractivity contribution >= 4 is 23.0 Å². The van der Waals surface area contributed by atoms with Crippen molar-refractivity contribution in [2.24, 2.45) is 0 Å². The van der Waals surface area contributed by atoms with E-state index in [9.17, 15) is 5.26 Å². The fraction of sp³-hybridized carbons (Fsp3) is 0. The van der Waals surface area contributed by atoms with Crippen LogP contribution in [0.25, 0.3) is 34.3 Å². The number of allylic oxidation sites excluding steroid dienone is 1. The first kappa shape index (κ1) is 16.8. The Morgan fingerprint density at radius 1 is 0.889 bits per heavy atom. The summed E-state index contributed by atoms with van der Waals surface area (Å²) < 4.78 is 0. The number of nitriles is 1. The molecule has 0 atom stereocenters. The van der Waals surface area contributed by atoms with Gasteiger partial charge < -0.3 is 0 Å². The Labute approximate surface area is 161 Å². The van der Waals surface area contributed by atoms with Gasteiger partial charge in [-0.2, -0.15) is 5.26 Å². The van der Waals surface area contributed by atoms with Gasteiger partial charge in [0.2, 0.25) is 0 Å². The van der Waals surface area contributed by atoms with Crippen LogP contribution in [0.4, 0.5) is 0 Å². The molecule has 2 aromatic carbocycles. The maximum atomic E-state index is 9.56. The minimum atomic E-state index is 0.498. The van der Waals surface area contributed by atoms with Crippen molar-refractivity contribution in [3.8, 4) is 28.7 Å². The van der Waals surface area contributed by atoms with E-state index in [0.717, 1.165) is 22.4 Å². The summed E-state index contributed by atoms with van der Waals surface area (Å²) in [7, 11) is 0. The molecule has 0 radical (unpaired) electrons. The molecule has 0 N–H and O–H groups in total. The Morgan fingerprint density at radius 2 is 1.52 bits per heavy atom. The Kier molecular flexibility index (Phi) is 4.82. The van der Waals surface area contributed by atoms with E-state index in [1.54, 1.807) is 18.5 Å². The molecule has 0 aliphatic carbocycles. The van der Waals surface area contributed by atoms with Gasteiger partial charge in [0.25, 0.3) is 0 Å². The van der Waals surface area contributed by atoms with Crippen LogP contribution in [0.3, 0.4) is 0 Å². The van der Waals surface area contributed by atoms with Crippen molar-refractivity contribution in [3.63, 3.8) is 0 Å². The van der Waals surface area contributed by atoms with E-state index in [1.165, 1.54) is 11.3 Å². The maximum absolute atomic E-state index is 9.56. The molecule has 0 saturated heterocycles. The highest BCUT2D eigenvalue weighted by atomic mass is 32.1. The fourth-order valence-electron chi connectivity index (χ4n) is 2.60. The molecule has 0 saturated carbocycles. The smallest absolute Gasteiger partial charge is 0.159 e. The lowest BCUT2D eigenvalue weighted by atomic mass is 10.1. The molecule has 0 aliphatic rings. The molecule has 0 aliphatic heterocycles. The average molecular weight is 366 g/mol. The third kappa shape index (κ3) is 3.81. The molecule has 2 heterocycles. The van der Waals surface area contributed by atoms with Gasteiger partial charge in [0.1, 0.15) is 11.1 Å². The van der Waals surface area contributed by atoms with Crippen molar-refractivity contribution in [2.75, 3.05) is 0 Å². The van der Waals surface area contributed by atoms with Crippen LogP contribution < -0.4 is 0 Å². The number of hydrogen-bond donors (Lipinski definition) is 0. The van der Waals surface area contributed by atoms with Gasteiger partial charge in [0.15, 0.2) is 5.82 Å². The van der Waals surface area contributed by atoms with Crippen LogP contribution in [0.5, 0.6) is 0 Å². The molecule has 4 nitrogen and oxygen atoms in total. The largest absolute Gasteiger partial charge is 0.236 e. The van der Waals surface area contributed by atoms with Gasteiger partial charge in [-0.25, -0.2) is 15.0 Å². The molecule has 0 unspecified atom stereocenters. The van der Waals surface area contributed by atoms with Crippen LogP contribution in [0.1, 0.15) is 10.6 Å². The van der Waals surface area contributed by atoms with Crippen LogP contribution in [-0.4, -0.2) is 15.0 Å². The van der Waals surface area contributed by atoms with Gasteiger partial charge in [-0.05, 0) is 6.08 Å². The van der Waals surface area contributed by atoms with E-state index in [0.29, 0.717) is 16.4 Å². The van der Waals surface area contributed by atoms with Gasteiger partial charge in [0, 0.05) is 34.5 Å². The molecule has 128 valence electrons. The number of benzene rings is 2. The zero-order valence-corrected chi connectivity index (χ0v) is 15.1.